The quantitative estimate of drug-likeness (QED) is 0.728. The third kappa shape index (κ3) is 3.87. The number of halogens is 2. The Morgan fingerprint density at radius 2 is 2.19 bits per heavy atom. The maximum absolute atomic E-state index is 6.00. The van der Waals surface area contributed by atoms with Crippen LogP contribution in [0.4, 0.5) is 0 Å². The first-order valence-electron chi connectivity index (χ1n) is 7.33. The van der Waals surface area contributed by atoms with E-state index in [1.165, 1.54) is 0 Å². The van der Waals surface area contributed by atoms with Crippen LogP contribution in [0.2, 0.25) is 5.02 Å². The molecule has 0 N–H and O–H groups in total. The molecule has 1 unspecified atom stereocenters. The average molecular weight is 329 g/mol. The van der Waals surface area contributed by atoms with Crippen LogP contribution in [-0.4, -0.2) is 44.9 Å². The van der Waals surface area contributed by atoms with Gasteiger partial charge in [-0.05, 0) is 26.5 Å². The summed E-state index contributed by atoms with van der Waals surface area (Å²) in [5, 5.41) is 0.612. The van der Waals surface area contributed by atoms with E-state index in [2.05, 4.69) is 40.3 Å². The fourth-order valence-electron chi connectivity index (χ4n) is 2.33. The number of aromatic nitrogens is 3. The van der Waals surface area contributed by atoms with Crippen LogP contribution in [0.25, 0.3) is 11.2 Å². The second kappa shape index (κ2) is 7.43. The zero-order valence-electron chi connectivity index (χ0n) is 12.8. The molecule has 0 amide bonds. The van der Waals surface area contributed by atoms with E-state index in [0.29, 0.717) is 16.9 Å². The van der Waals surface area contributed by atoms with Crippen LogP contribution in [0.15, 0.2) is 12.3 Å². The Kier molecular flexibility index (Phi) is 5.85. The molecule has 2 rings (SSSR count). The van der Waals surface area contributed by atoms with Gasteiger partial charge in [-0.25, -0.2) is 9.97 Å². The van der Waals surface area contributed by atoms with E-state index in [9.17, 15) is 0 Å². The van der Waals surface area contributed by atoms with Gasteiger partial charge in [0.2, 0.25) is 0 Å². The lowest BCUT2D eigenvalue weighted by atomic mass is 10.2. The first-order chi connectivity index (χ1) is 10.1. The van der Waals surface area contributed by atoms with Crippen molar-refractivity contribution in [2.24, 2.45) is 0 Å². The van der Waals surface area contributed by atoms with Gasteiger partial charge >= 0.3 is 0 Å². The summed E-state index contributed by atoms with van der Waals surface area (Å²) in [7, 11) is 2.15. The monoisotopic (exact) mass is 328 g/mol. The van der Waals surface area contributed by atoms with E-state index >= 15 is 0 Å². The van der Waals surface area contributed by atoms with E-state index in [1.807, 2.05) is 6.07 Å². The number of imidazole rings is 1. The molecular formula is C15H22Cl2N4. The van der Waals surface area contributed by atoms with Gasteiger partial charge in [-0.3, -0.25) is 0 Å². The molecule has 0 fully saturated rings. The number of hydrogen-bond acceptors (Lipinski definition) is 3. The third-order valence-corrected chi connectivity index (χ3v) is 4.36. The molecule has 0 aliphatic rings. The first-order valence-corrected chi connectivity index (χ1v) is 8.25. The standard InChI is InChI=1S/C15H22Cl2N4/c1-4-11(2)20(3)7-8-21-14(5-6-16)19-13-9-12(17)10-18-15(13)21/h9-11H,4-8H2,1-3H3. The Balaban J connectivity index is 2.25. The fraction of sp³-hybridized carbons (Fsp3) is 0.600. The molecule has 0 aliphatic carbocycles. The van der Waals surface area contributed by atoms with Gasteiger partial charge in [-0.2, -0.15) is 0 Å². The number of hydrogen-bond donors (Lipinski definition) is 0. The summed E-state index contributed by atoms with van der Waals surface area (Å²) in [6.07, 6.45) is 3.55. The molecule has 2 aromatic rings. The lowest BCUT2D eigenvalue weighted by Crippen LogP contribution is -2.31. The van der Waals surface area contributed by atoms with Crippen molar-refractivity contribution < 1.29 is 0 Å². The van der Waals surface area contributed by atoms with E-state index in [0.717, 1.165) is 42.9 Å². The Hall–Kier alpha value is -0.840. The van der Waals surface area contributed by atoms with Crippen molar-refractivity contribution in [3.05, 3.63) is 23.1 Å². The predicted octanol–water partition coefficient (Wildman–Crippen LogP) is 3.60. The molecule has 2 aromatic heterocycles. The Bertz CT molecular complexity index is 597. The Labute approximate surface area is 136 Å². The fourth-order valence-corrected chi connectivity index (χ4v) is 2.65. The van der Waals surface area contributed by atoms with E-state index < -0.39 is 0 Å². The van der Waals surface area contributed by atoms with Crippen molar-refractivity contribution in [2.45, 2.75) is 39.3 Å². The molecule has 0 aromatic carbocycles. The predicted molar refractivity (Wildman–Crippen MR) is 89.3 cm³/mol. The van der Waals surface area contributed by atoms with E-state index in [4.69, 9.17) is 23.2 Å². The van der Waals surface area contributed by atoms with Gasteiger partial charge in [-0.15, -0.1) is 11.6 Å². The smallest absolute Gasteiger partial charge is 0.160 e. The number of alkyl halides is 1. The summed E-state index contributed by atoms with van der Waals surface area (Å²) >= 11 is 11.9. The topological polar surface area (TPSA) is 34.0 Å². The molecule has 4 nitrogen and oxygen atoms in total. The highest BCUT2D eigenvalue weighted by molar-refractivity contribution is 6.31. The normalized spacial score (nSPS) is 13.2. The van der Waals surface area contributed by atoms with Crippen LogP contribution in [0.3, 0.4) is 0 Å². The van der Waals surface area contributed by atoms with Gasteiger partial charge in [0.05, 0.1) is 5.02 Å². The summed E-state index contributed by atoms with van der Waals surface area (Å²) in [6, 6.07) is 2.43. The van der Waals surface area contributed by atoms with Crippen molar-refractivity contribution >= 4 is 34.4 Å². The third-order valence-electron chi connectivity index (χ3n) is 3.97. The van der Waals surface area contributed by atoms with Gasteiger partial charge in [0, 0.05) is 37.6 Å². The lowest BCUT2D eigenvalue weighted by Gasteiger charge is -2.24. The van der Waals surface area contributed by atoms with Gasteiger partial charge in [0.15, 0.2) is 5.65 Å². The second-order valence-electron chi connectivity index (χ2n) is 5.35. The highest BCUT2D eigenvalue weighted by atomic mass is 35.5. The van der Waals surface area contributed by atoms with Crippen molar-refractivity contribution in [3.63, 3.8) is 0 Å². The summed E-state index contributed by atoms with van der Waals surface area (Å²) < 4.78 is 2.16. The molecule has 0 radical (unpaired) electrons. The minimum Gasteiger partial charge on any atom is -0.311 e. The molecule has 2 heterocycles. The van der Waals surface area contributed by atoms with Gasteiger partial charge < -0.3 is 9.47 Å². The van der Waals surface area contributed by atoms with Crippen molar-refractivity contribution in [1.29, 1.82) is 0 Å². The number of pyridine rings is 1. The van der Waals surface area contributed by atoms with Crippen LogP contribution in [-0.2, 0) is 13.0 Å². The zero-order valence-corrected chi connectivity index (χ0v) is 14.3. The molecule has 21 heavy (non-hydrogen) atoms. The minimum absolute atomic E-state index is 0.554. The van der Waals surface area contributed by atoms with Gasteiger partial charge in [0.25, 0.3) is 0 Å². The number of nitrogens with zero attached hydrogens (tertiary/aromatic N) is 4. The summed E-state index contributed by atoms with van der Waals surface area (Å²) in [4.78, 5) is 11.4. The summed E-state index contributed by atoms with van der Waals surface area (Å²) in [5.41, 5.74) is 1.73. The zero-order chi connectivity index (χ0) is 15.4. The van der Waals surface area contributed by atoms with E-state index in [1.54, 1.807) is 6.20 Å². The molecule has 1 atom stereocenters. The molecule has 116 valence electrons. The maximum Gasteiger partial charge on any atom is 0.160 e. The number of aryl methyl sites for hydroxylation is 1. The average Bonchev–Trinajstić information content (AvgIpc) is 2.80. The van der Waals surface area contributed by atoms with Gasteiger partial charge in [0.1, 0.15) is 11.3 Å². The molecule has 0 spiro atoms. The largest absolute Gasteiger partial charge is 0.311 e. The van der Waals surface area contributed by atoms with Crippen LogP contribution in [0, 0.1) is 0 Å². The maximum atomic E-state index is 6.00. The molecule has 6 heteroatoms. The van der Waals surface area contributed by atoms with Gasteiger partial charge in [-0.1, -0.05) is 18.5 Å². The minimum atomic E-state index is 0.554. The van der Waals surface area contributed by atoms with Crippen LogP contribution < -0.4 is 0 Å². The molecular weight excluding hydrogens is 307 g/mol. The van der Waals surface area contributed by atoms with Crippen LogP contribution in [0.5, 0.6) is 0 Å². The first kappa shape index (κ1) is 16.5. The molecule has 0 saturated carbocycles. The second-order valence-corrected chi connectivity index (χ2v) is 6.17. The van der Waals surface area contributed by atoms with Crippen molar-refractivity contribution in [3.8, 4) is 0 Å². The number of rotatable bonds is 7. The van der Waals surface area contributed by atoms with Crippen molar-refractivity contribution in [1.82, 2.24) is 19.4 Å². The molecule has 0 aliphatic heterocycles. The number of likely N-dealkylation sites (N-methyl/N-ethyl adjacent to an activating group) is 1. The molecule has 0 bridgehead atoms. The summed E-state index contributed by atoms with van der Waals surface area (Å²) in [5.74, 6) is 1.53. The number of fused-ring (bicyclic) bond motifs is 1. The Morgan fingerprint density at radius 1 is 1.43 bits per heavy atom. The molecule has 0 saturated heterocycles. The van der Waals surface area contributed by atoms with E-state index in [-0.39, 0.29) is 0 Å². The highest BCUT2D eigenvalue weighted by Crippen LogP contribution is 2.19. The Morgan fingerprint density at radius 3 is 2.86 bits per heavy atom. The summed E-state index contributed by atoms with van der Waals surface area (Å²) in [6.45, 7) is 6.26. The van der Waals surface area contributed by atoms with Crippen molar-refractivity contribution in [2.75, 3.05) is 19.5 Å². The van der Waals surface area contributed by atoms with Crippen LogP contribution in [0.1, 0.15) is 26.1 Å². The lowest BCUT2D eigenvalue weighted by molar-refractivity contribution is 0.242. The van der Waals surface area contributed by atoms with Crippen LogP contribution >= 0.6 is 23.2 Å². The SMILES string of the molecule is CCC(C)N(C)CCn1c(CCCl)nc2cc(Cl)cnc21. The highest BCUT2D eigenvalue weighted by Gasteiger charge is 2.14.